The van der Waals surface area contributed by atoms with Gasteiger partial charge in [-0.2, -0.15) is 0 Å². The van der Waals surface area contributed by atoms with Gasteiger partial charge in [0.05, 0.1) is 0 Å². The van der Waals surface area contributed by atoms with Crippen molar-refractivity contribution in [2.45, 2.75) is 58.1 Å². The second-order valence-corrected chi connectivity index (χ2v) is 43.2. The fourth-order valence-electron chi connectivity index (χ4n) is 7.32. The van der Waals surface area contributed by atoms with E-state index in [0.29, 0.717) is 13.2 Å². The summed E-state index contributed by atoms with van der Waals surface area (Å²) in [5.41, 5.74) is 16.5. The quantitative estimate of drug-likeness (QED) is 0.252. The number of hydrogen-bond acceptors (Lipinski definition) is 0. The van der Waals surface area contributed by atoms with E-state index >= 15 is 0 Å². The molecule has 0 amide bonds. The third-order valence-corrected chi connectivity index (χ3v) is 26.5. The van der Waals surface area contributed by atoms with E-state index in [4.69, 9.17) is 0 Å². The van der Waals surface area contributed by atoms with E-state index in [1.54, 1.807) is 22.3 Å². The van der Waals surface area contributed by atoms with Crippen molar-refractivity contribution in [2.24, 2.45) is 5.92 Å². The molecule has 0 fully saturated rings. The summed E-state index contributed by atoms with van der Waals surface area (Å²) in [5.74, 6) is 0.562. The molecule has 37 heavy (non-hydrogen) atoms. The second-order valence-electron chi connectivity index (χ2n) is 12.7. The summed E-state index contributed by atoms with van der Waals surface area (Å²) in [6.45, 7) is 16.6. The molecule has 2 aliphatic carbocycles. The topological polar surface area (TPSA) is 0 Å². The Labute approximate surface area is 239 Å². The molecule has 3 aromatic carbocycles. The van der Waals surface area contributed by atoms with E-state index < -0.39 is 17.4 Å². The maximum absolute atomic E-state index is 3.51. The van der Waals surface area contributed by atoms with E-state index in [-0.39, 0.29) is 24.8 Å². The minimum absolute atomic E-state index is 0. The van der Waals surface area contributed by atoms with Crippen LogP contribution < -0.4 is 0 Å². The Morgan fingerprint density at radius 2 is 1.38 bits per heavy atom. The Morgan fingerprint density at radius 1 is 0.757 bits per heavy atom. The molecule has 0 N–H and O–H groups in total. The molecule has 2 unspecified atom stereocenters. The number of rotatable bonds is 4. The molecule has 196 valence electrons. The second kappa shape index (κ2) is 10.4. The van der Waals surface area contributed by atoms with Gasteiger partial charge in [0, 0.05) is 0 Å². The normalized spacial score (nSPS) is 18.4. The molecule has 4 heteroatoms. The fourth-order valence-corrected chi connectivity index (χ4v) is 27.9. The van der Waals surface area contributed by atoms with Gasteiger partial charge in [0.1, 0.15) is 0 Å². The number of hydrogen-bond donors (Lipinski definition) is 0. The van der Waals surface area contributed by atoms with Crippen molar-refractivity contribution in [3.8, 4) is 11.1 Å². The van der Waals surface area contributed by atoms with Crippen molar-refractivity contribution in [3.05, 3.63) is 105 Å². The van der Waals surface area contributed by atoms with Crippen LogP contribution in [-0.4, -0.2) is 6.88 Å². The van der Waals surface area contributed by atoms with Crippen molar-refractivity contribution in [1.29, 1.82) is 0 Å². The zero-order valence-electron chi connectivity index (χ0n) is 23.6. The van der Waals surface area contributed by atoms with Crippen LogP contribution >= 0.6 is 24.8 Å². The van der Waals surface area contributed by atoms with Gasteiger partial charge in [0.15, 0.2) is 0 Å². The van der Waals surface area contributed by atoms with Gasteiger partial charge in [-0.1, -0.05) is 0 Å². The van der Waals surface area contributed by atoms with Crippen LogP contribution in [0.15, 0.2) is 65.7 Å². The molecule has 0 aliphatic heterocycles. The largest absolute Gasteiger partial charge is 0.147 e. The average Bonchev–Trinajstić information content (AvgIpc) is 3.34. The molecule has 0 nitrogen and oxygen atoms in total. The number of allylic oxidation sites excluding steroid dienone is 2. The van der Waals surface area contributed by atoms with Gasteiger partial charge < -0.3 is 0 Å². The van der Waals surface area contributed by atoms with E-state index in [1.165, 1.54) is 38.9 Å². The van der Waals surface area contributed by atoms with Crippen LogP contribution in [0.2, 0.25) is 9.26 Å². The molecule has 0 aromatic heterocycles. The first kappa shape index (κ1) is 30.4. The van der Waals surface area contributed by atoms with Crippen LogP contribution in [0.4, 0.5) is 0 Å². The van der Waals surface area contributed by atoms with Crippen molar-refractivity contribution in [1.82, 2.24) is 0 Å². The molecule has 0 radical (unpaired) electrons. The summed E-state index contributed by atoms with van der Waals surface area (Å²) < 4.78 is 6.67. The number of aryl methyl sites for hydroxylation is 3. The van der Waals surface area contributed by atoms with Crippen molar-refractivity contribution in [3.63, 3.8) is 0 Å². The molecule has 5 rings (SSSR count). The summed E-state index contributed by atoms with van der Waals surface area (Å²) in [4.78, 5) is 0. The predicted molar refractivity (Wildman–Crippen MR) is 169 cm³/mol. The molecular formula is C33H42Cl2SiZr. The monoisotopic (exact) mass is 626 g/mol. The third kappa shape index (κ3) is 4.86. The van der Waals surface area contributed by atoms with Crippen molar-refractivity contribution in [2.75, 3.05) is 0 Å². The summed E-state index contributed by atoms with van der Waals surface area (Å²) in [6.07, 6.45) is 5.10. The minimum atomic E-state index is -3.51. The van der Waals surface area contributed by atoms with Gasteiger partial charge >= 0.3 is 216 Å². The van der Waals surface area contributed by atoms with Gasteiger partial charge in [0.2, 0.25) is 0 Å². The molecule has 0 spiro atoms. The molecular weight excluding hydrogens is 587 g/mol. The Bertz CT molecular complexity index is 1490. The van der Waals surface area contributed by atoms with Crippen molar-refractivity contribution < 1.29 is 17.4 Å². The maximum atomic E-state index is 2.76. The standard InChI is InChI=1S/C17H15.C14H17.2CH3.2ClH.H2Si.Zr/c1-12-10-16-13(2)8-9-15(17(16)11-12)14-6-4-3-5-7-14;1-9(2)12-7-13-5-10(3)11(4)6-14(13)8-12;;;;;;/h3-11H,1-2H3;5-9H,1-4H3;2*1H3;2*1H;1H2;. The first-order valence-electron chi connectivity index (χ1n) is 13.2. The fraction of sp³-hybridized carbons (Fsp3) is 0.333. The summed E-state index contributed by atoms with van der Waals surface area (Å²) in [7, 11) is 0. The Morgan fingerprint density at radius 3 is 2.00 bits per heavy atom. The molecule has 0 saturated carbocycles. The first-order chi connectivity index (χ1) is 16.4. The first-order valence-corrected chi connectivity index (χ1v) is 26.8. The summed E-state index contributed by atoms with van der Waals surface area (Å²) in [5, 5.41) is 0. The van der Waals surface area contributed by atoms with Crippen LogP contribution in [0.25, 0.3) is 23.3 Å². The molecule has 3 aromatic rings. The zero-order chi connectivity index (χ0) is 25.3. The van der Waals surface area contributed by atoms with E-state index in [0.717, 1.165) is 0 Å². The molecule has 0 saturated heterocycles. The van der Waals surface area contributed by atoms with Crippen LogP contribution in [0, 0.1) is 26.7 Å². The van der Waals surface area contributed by atoms with Gasteiger partial charge in [0.25, 0.3) is 0 Å². The molecule has 0 bridgehead atoms. The zero-order valence-corrected chi connectivity index (χ0v) is 29.1. The van der Waals surface area contributed by atoms with Gasteiger partial charge in [-0.05, 0) is 0 Å². The van der Waals surface area contributed by atoms with E-state index in [2.05, 4.69) is 124 Å². The van der Waals surface area contributed by atoms with Crippen LogP contribution in [0.1, 0.15) is 67.0 Å². The Hall–Kier alpha value is -1.18. The van der Waals surface area contributed by atoms with Crippen LogP contribution in [0.3, 0.4) is 0 Å². The number of fused-ring (bicyclic) bond motifs is 2. The third-order valence-electron chi connectivity index (χ3n) is 8.93. The number of halogens is 2. The maximum Gasteiger partial charge on any atom is -0.147 e. The Kier molecular flexibility index (Phi) is 8.55. The van der Waals surface area contributed by atoms with Gasteiger partial charge in [-0.3, -0.25) is 0 Å². The molecule has 0 heterocycles. The molecule has 2 aliphatic rings. The smallest absolute Gasteiger partial charge is 0.147 e. The van der Waals surface area contributed by atoms with Gasteiger partial charge in [-0.15, -0.1) is 24.8 Å². The SMILES string of the molecule is CC1=Cc2c(-c3ccccc3)ccc(C)c2[CH]1[Zr]([CH3])([CH3])(=[SiH2])[CH]1C(C(C)C)=Cc2cc(C)c(C)cc21.Cl.Cl. The van der Waals surface area contributed by atoms with Crippen LogP contribution in [-0.2, 0) is 17.4 Å². The average molecular weight is 629 g/mol. The predicted octanol–water partition coefficient (Wildman–Crippen LogP) is 9.71. The minimum Gasteiger partial charge on any atom is -0.147 e. The summed E-state index contributed by atoms with van der Waals surface area (Å²) in [6, 6.07) is 20.7. The van der Waals surface area contributed by atoms with Gasteiger partial charge in [-0.25, -0.2) is 0 Å². The molecule has 2 atom stereocenters. The van der Waals surface area contributed by atoms with Crippen LogP contribution in [0.5, 0.6) is 0 Å². The Balaban J connectivity index is 0.00000190. The number of benzene rings is 3. The summed E-state index contributed by atoms with van der Waals surface area (Å²) >= 11 is -3.51. The van der Waals surface area contributed by atoms with E-state index in [1.807, 2.05) is 0 Å². The van der Waals surface area contributed by atoms with E-state index in [9.17, 15) is 0 Å². The van der Waals surface area contributed by atoms with Crippen molar-refractivity contribution >= 4 is 43.8 Å².